The topological polar surface area (TPSA) is 344 Å². The average molecular weight is 2100 g/mol. The zero-order valence-electron chi connectivity index (χ0n) is 80.0. The highest BCUT2D eigenvalue weighted by atomic mass is 19.5. The summed E-state index contributed by atoms with van der Waals surface area (Å²) in [6.07, 6.45) is -58.1. The zero-order valence-corrected chi connectivity index (χ0v) is 80.0. The van der Waals surface area contributed by atoms with Gasteiger partial charge in [0.25, 0.3) is 22.4 Å². The lowest BCUT2D eigenvalue weighted by Gasteiger charge is -2.71. The second-order valence-electron chi connectivity index (χ2n) is 42.8. The van der Waals surface area contributed by atoms with Crippen LogP contribution in [-0.4, -0.2) is 277 Å². The van der Waals surface area contributed by atoms with E-state index >= 15 is 0 Å². The van der Waals surface area contributed by atoms with Crippen LogP contribution in [0.2, 0.25) is 0 Å². The van der Waals surface area contributed by atoms with Crippen molar-refractivity contribution in [1.29, 1.82) is 0 Å². The van der Waals surface area contributed by atoms with Crippen molar-refractivity contribution in [1.82, 2.24) is 0 Å². The third-order valence-electron chi connectivity index (χ3n) is 29.2. The maximum atomic E-state index is 13.5. The highest BCUT2D eigenvalue weighted by Gasteiger charge is 2.80. The third-order valence-corrected chi connectivity index (χ3v) is 29.2. The molecule has 814 valence electrons. The minimum absolute atomic E-state index is 0.0213. The van der Waals surface area contributed by atoms with E-state index in [0.717, 1.165) is 13.8 Å². The average Bonchev–Trinajstić information content (AvgIpc) is 1.66. The minimum Gasteiger partial charge on any atom is -0.459 e. The Morgan fingerprint density at radius 2 is 0.674 bits per heavy atom. The van der Waals surface area contributed by atoms with Gasteiger partial charge < -0.3 is 92.2 Å². The van der Waals surface area contributed by atoms with Crippen LogP contribution in [-0.2, 0) is 90.3 Å². The van der Waals surface area contributed by atoms with Crippen molar-refractivity contribution in [2.45, 2.75) is 367 Å². The number of ether oxygens (including phenoxy) is 13. The lowest BCUT2D eigenvalue weighted by atomic mass is 9.37. The first-order valence-electron chi connectivity index (χ1n) is 43.9. The van der Waals surface area contributed by atoms with Crippen molar-refractivity contribution in [3.63, 3.8) is 0 Å². The number of hydrogen-bond acceptors (Lipinski definition) is 25. The second kappa shape index (κ2) is 39.1. The lowest BCUT2D eigenvalue weighted by Crippen LogP contribution is -2.71. The van der Waals surface area contributed by atoms with E-state index < -0.39 is 292 Å². The summed E-state index contributed by atoms with van der Waals surface area (Å²) in [5, 5.41) is 58.1. The van der Waals surface area contributed by atoms with Crippen LogP contribution in [0.4, 0.5) is 119 Å². The monoisotopic (exact) mass is 2100 g/mol. The first-order chi connectivity index (χ1) is 62.6. The van der Waals surface area contributed by atoms with Crippen LogP contribution in [0.1, 0.15) is 196 Å². The maximum absolute atomic E-state index is 13.5. The normalized spacial score (nSPS) is 30.0. The predicted octanol–water partition coefficient (Wildman–Crippen LogP) is 16.7. The summed E-state index contributed by atoms with van der Waals surface area (Å²) in [7, 11) is 0. The molecule has 8 bridgehead atoms. The van der Waals surface area contributed by atoms with E-state index in [-0.39, 0.29) is 85.7 Å². The summed E-state index contributed by atoms with van der Waals surface area (Å²) in [4.78, 5) is 73.5. The van der Waals surface area contributed by atoms with Crippen LogP contribution < -0.4 is 0 Å². The fraction of sp³-hybridized carbons (Fsp3) is 0.843. The molecule has 7 aliphatic carbocycles. The number of rotatable bonds is 32. The van der Waals surface area contributed by atoms with Gasteiger partial charge >= 0.3 is 91.4 Å². The number of aliphatic hydroxyl groups is 6. The van der Waals surface area contributed by atoms with E-state index in [2.05, 4.69) is 26.3 Å². The number of alkyl halides is 27. The molecule has 4 saturated heterocycles. The van der Waals surface area contributed by atoms with Crippen molar-refractivity contribution in [3.8, 4) is 0 Å². The number of esters is 6. The van der Waals surface area contributed by atoms with Crippen molar-refractivity contribution in [2.75, 3.05) is 39.6 Å². The second-order valence-corrected chi connectivity index (χ2v) is 42.8. The Bertz CT molecular complexity index is 4400. The van der Waals surface area contributed by atoms with Gasteiger partial charge in [-0.3, -0.25) is 9.59 Å². The van der Waals surface area contributed by atoms with Crippen LogP contribution in [0, 0.1) is 64.1 Å². The number of fused-ring (bicyclic) bond motifs is 2. The van der Waals surface area contributed by atoms with Gasteiger partial charge in [0.15, 0.2) is 17.8 Å². The number of halogens is 27. The molecule has 25 nitrogen and oxygen atoms in total. The van der Waals surface area contributed by atoms with E-state index in [1.165, 1.54) is 83.1 Å². The van der Waals surface area contributed by atoms with E-state index in [1.54, 1.807) is 27.7 Å². The lowest BCUT2D eigenvalue weighted by molar-refractivity contribution is -0.388. The minimum atomic E-state index is -6.12. The van der Waals surface area contributed by atoms with Gasteiger partial charge in [0.05, 0.1) is 90.7 Å². The van der Waals surface area contributed by atoms with Gasteiger partial charge in [0.2, 0.25) is 0 Å². The van der Waals surface area contributed by atoms with Gasteiger partial charge in [0, 0.05) is 56.8 Å². The molecule has 4 heterocycles. The van der Waals surface area contributed by atoms with Gasteiger partial charge in [-0.25, -0.2) is 19.2 Å². The van der Waals surface area contributed by atoms with Crippen LogP contribution in [0.25, 0.3) is 0 Å². The van der Waals surface area contributed by atoms with Crippen molar-refractivity contribution >= 4 is 35.8 Å². The SMILES string of the molecule is C=C(C)C(=O)OC12CC3CC(C(C)(C)OCC(C)(O)C(F)(F)F)(C1)CC(C(C)(C)OCC(O)(C(F)(F)F)C(F)(F)F)(C3)C2.C=C(C)C(=O)OC1C2CC3C1OC(=O)C3C2C(C)(C)OCC(O)(C(F)(F)F)C(F)(F)F.C=C(C)C(=O)OC1C2OC(=O)C3C2OC1C3C(C)(C)OCC(O)(C(F)(F)F)C(F)(F)F.C=C(C)C(=O)OC1CC(C(C)(C)OCC(C)(C)O)CC(C(C)(C)OCC(O)(C(F)(F)F)C(F)(F)F)C1. The highest BCUT2D eigenvalue weighted by molar-refractivity contribution is 5.89. The van der Waals surface area contributed by atoms with Gasteiger partial charge in [-0.1, -0.05) is 26.3 Å². The Morgan fingerprint density at radius 3 is 1.04 bits per heavy atom. The molecule has 0 radical (unpaired) electrons. The summed E-state index contributed by atoms with van der Waals surface area (Å²) < 4.78 is 426. The van der Waals surface area contributed by atoms with Gasteiger partial charge in [-0.15, -0.1) is 0 Å². The first kappa shape index (κ1) is 121. The summed E-state index contributed by atoms with van der Waals surface area (Å²) in [6.45, 7) is 30.0. The zero-order chi connectivity index (χ0) is 110. The fourth-order valence-corrected chi connectivity index (χ4v) is 20.6. The van der Waals surface area contributed by atoms with Gasteiger partial charge in [-0.05, 0) is 214 Å². The first-order valence-corrected chi connectivity index (χ1v) is 43.9. The molecule has 6 N–H and O–H groups in total. The van der Waals surface area contributed by atoms with Crippen molar-refractivity contribution < 1.29 is 240 Å². The molecule has 4 aliphatic heterocycles. The van der Waals surface area contributed by atoms with Crippen molar-refractivity contribution in [3.05, 3.63) is 48.6 Å². The quantitative estimate of drug-likeness (QED) is 0.0158. The van der Waals surface area contributed by atoms with E-state index in [1.807, 2.05) is 0 Å². The van der Waals surface area contributed by atoms with Crippen LogP contribution >= 0.6 is 0 Å². The van der Waals surface area contributed by atoms with Crippen LogP contribution in [0.3, 0.4) is 0 Å². The smallest absolute Gasteiger partial charge is 0.428 e. The Morgan fingerprint density at radius 1 is 0.348 bits per heavy atom. The Labute approximate surface area is 792 Å². The number of hydrogen-bond donors (Lipinski definition) is 6. The fourth-order valence-electron chi connectivity index (χ4n) is 20.6. The molecular weight excluding hydrogens is 1980 g/mol. The number of carbonyl (C=O) groups is 6. The molecule has 0 spiro atoms. The molecule has 0 aromatic heterocycles. The molecule has 20 atom stereocenters. The summed E-state index contributed by atoms with van der Waals surface area (Å²) in [5.74, 6) is -10.8. The Balaban J connectivity index is 0.000000258. The molecule has 52 heteroatoms. The Kier molecular flexibility index (Phi) is 33.7. The van der Waals surface area contributed by atoms with E-state index in [0.29, 0.717) is 26.2 Å². The molecule has 11 rings (SSSR count). The molecule has 7 saturated carbocycles. The largest absolute Gasteiger partial charge is 0.459 e. The Hall–Kier alpha value is -6.63. The molecular formula is C89H119F27O25. The predicted molar refractivity (Wildman–Crippen MR) is 430 cm³/mol. The third kappa shape index (κ3) is 24.2. The van der Waals surface area contributed by atoms with Gasteiger partial charge in [0.1, 0.15) is 36.1 Å². The van der Waals surface area contributed by atoms with Crippen LogP contribution in [0.5, 0.6) is 0 Å². The van der Waals surface area contributed by atoms with E-state index in [9.17, 15) is 178 Å². The number of carbonyl (C=O) groups excluding carboxylic acids is 6. The highest BCUT2D eigenvalue weighted by Crippen LogP contribution is 2.74. The molecule has 11 fully saturated rings. The van der Waals surface area contributed by atoms with E-state index in [4.69, 9.17) is 61.6 Å². The molecule has 20 unspecified atom stereocenters. The van der Waals surface area contributed by atoms with Gasteiger partial charge in [-0.2, -0.15) is 119 Å². The summed E-state index contributed by atoms with van der Waals surface area (Å²) in [5.41, 5.74) is -37.5. The molecule has 0 aromatic carbocycles. The van der Waals surface area contributed by atoms with Crippen LogP contribution in [0.15, 0.2) is 48.6 Å². The van der Waals surface area contributed by atoms with Crippen molar-refractivity contribution in [2.24, 2.45) is 64.1 Å². The molecule has 0 aromatic rings. The maximum Gasteiger partial charge on any atom is 0.428 e. The molecule has 11 aliphatic rings. The summed E-state index contributed by atoms with van der Waals surface area (Å²) in [6, 6.07) is 0. The standard InChI is InChI=1S/C28H39F9O6.C24H38F6O6.C19H22F6O6.C18H20F6O7/c1-16(2)18(38)43-24-10-17-8-22(12-24,19(3,4)41-14-21(7,39)26(29,30)31)11-23(9-17,13-24)20(5,6)42-15-25(40,27(32,33)34)28(35,36)37;1-14(2)18(31)36-17-10-15(20(5,6)34-12-19(3,4)32)9-16(11-17)21(7,8)35-13-22(33,23(25,26)27)24(28,29)30;1-7(2)14(26)30-13-9-5-8-10(15(27)31-12(8)13)11(9)16(3,4)29-6-17(28,18(20,21)22)19(23,24)25;1-6(2)13(25)30-12-10-8(7-9(29-10)11(12)31-14(7)26)15(3,4)28-5-16(27,17(19,20)21)18(22,23)24/h17,39-40H,1,8-15H2,2-7H3;15-17,32-33H,1,9-13H2,2-8H3;8-13,28H,1,5-6H2,2-4H3;7-12,27H,1,5H2,2-4H3. The molecule has 141 heavy (non-hydrogen) atoms. The summed E-state index contributed by atoms with van der Waals surface area (Å²) >= 11 is 0. The molecule has 0 amide bonds.